The lowest BCUT2D eigenvalue weighted by molar-refractivity contribution is -0.152. The van der Waals surface area contributed by atoms with E-state index in [1.807, 2.05) is 13.8 Å². The van der Waals surface area contributed by atoms with Crippen molar-refractivity contribution in [3.63, 3.8) is 0 Å². The van der Waals surface area contributed by atoms with Gasteiger partial charge >= 0.3 is 5.97 Å². The van der Waals surface area contributed by atoms with Gasteiger partial charge in [0.25, 0.3) is 5.67 Å². The third-order valence-corrected chi connectivity index (χ3v) is 2.78. The molecule has 2 heterocycles. The van der Waals surface area contributed by atoms with Crippen LogP contribution < -0.4 is 4.74 Å². The van der Waals surface area contributed by atoms with Gasteiger partial charge in [-0.1, -0.05) is 13.8 Å². The summed E-state index contributed by atoms with van der Waals surface area (Å²) in [5, 5.41) is 8.81. The highest BCUT2D eigenvalue weighted by molar-refractivity contribution is 9.10. The van der Waals surface area contributed by atoms with Crippen LogP contribution in [0.2, 0.25) is 0 Å². The Morgan fingerprint density at radius 2 is 2.24 bits per heavy atom. The van der Waals surface area contributed by atoms with Gasteiger partial charge in [0.15, 0.2) is 5.75 Å². The van der Waals surface area contributed by atoms with E-state index in [-0.39, 0.29) is 11.3 Å². The molecule has 2 rings (SSSR count). The third kappa shape index (κ3) is 2.26. The first-order valence-corrected chi connectivity index (χ1v) is 5.97. The summed E-state index contributed by atoms with van der Waals surface area (Å²) in [6.45, 7) is 5.15. The van der Waals surface area contributed by atoms with Gasteiger partial charge in [-0.3, -0.25) is 0 Å². The maximum absolute atomic E-state index is 14.0. The number of alkyl halides is 1. The number of aromatic nitrogens is 1. The maximum Gasteiger partial charge on any atom is 0.350 e. The lowest BCUT2D eigenvalue weighted by Gasteiger charge is -2.11. The number of rotatable bonds is 1. The molecule has 1 aliphatic rings. The summed E-state index contributed by atoms with van der Waals surface area (Å²) in [4.78, 5) is 14.8. The number of ether oxygens (including phenoxy) is 1. The van der Waals surface area contributed by atoms with Gasteiger partial charge in [-0.15, -0.1) is 0 Å². The van der Waals surface area contributed by atoms with E-state index >= 15 is 0 Å². The van der Waals surface area contributed by atoms with Crippen molar-refractivity contribution < 1.29 is 19.0 Å². The minimum absolute atomic E-state index is 0.0226. The van der Waals surface area contributed by atoms with Crippen molar-refractivity contribution in [2.45, 2.75) is 26.4 Å². The van der Waals surface area contributed by atoms with Crippen LogP contribution >= 0.6 is 15.9 Å². The van der Waals surface area contributed by atoms with Crippen molar-refractivity contribution in [2.75, 3.05) is 6.61 Å². The molecule has 17 heavy (non-hydrogen) atoms. The number of carboxylic acid groups (broad SMARTS) is 1. The highest BCUT2D eigenvalue weighted by Crippen LogP contribution is 2.43. The van der Waals surface area contributed by atoms with E-state index in [0.717, 1.165) is 0 Å². The summed E-state index contributed by atoms with van der Waals surface area (Å²) in [6.07, 6.45) is 0. The van der Waals surface area contributed by atoms with Gasteiger partial charge in [0, 0.05) is 5.69 Å². The number of carboxylic acids is 1. The van der Waals surface area contributed by atoms with Crippen LogP contribution in [0.3, 0.4) is 0 Å². The summed E-state index contributed by atoms with van der Waals surface area (Å²) in [7, 11) is 0. The maximum atomic E-state index is 14.0. The Kier molecular flexibility index (Phi) is 4.08. The molecule has 1 N–H and O–H groups in total. The van der Waals surface area contributed by atoms with Crippen LogP contribution in [0, 0.1) is 6.92 Å². The van der Waals surface area contributed by atoms with Crippen LogP contribution in [0.5, 0.6) is 5.75 Å². The molecule has 0 aliphatic carbocycles. The summed E-state index contributed by atoms with van der Waals surface area (Å²) in [5.74, 6) is -1.37. The molecule has 1 atom stereocenters. The predicted octanol–water partition coefficient (Wildman–Crippen LogP) is 2.82. The molecule has 0 fully saturated rings. The molecule has 1 aliphatic heterocycles. The lowest BCUT2D eigenvalue weighted by atomic mass is 9.99. The van der Waals surface area contributed by atoms with Gasteiger partial charge in [0.1, 0.15) is 11.2 Å². The van der Waals surface area contributed by atoms with Gasteiger partial charge in [-0.05, 0) is 28.9 Å². The molecule has 0 amide bonds. The Morgan fingerprint density at radius 3 is 2.76 bits per heavy atom. The van der Waals surface area contributed by atoms with E-state index < -0.39 is 18.2 Å². The molecule has 1 unspecified atom stereocenters. The zero-order valence-electron chi connectivity index (χ0n) is 9.75. The van der Waals surface area contributed by atoms with E-state index in [1.54, 1.807) is 6.92 Å². The average molecular weight is 306 g/mol. The monoisotopic (exact) mass is 305 g/mol. The normalized spacial score (nSPS) is 21.0. The minimum Gasteiger partial charge on any atom is -0.486 e. The number of carbonyl (C=O) groups is 1. The van der Waals surface area contributed by atoms with Crippen LogP contribution in [0.25, 0.3) is 0 Å². The summed E-state index contributed by atoms with van der Waals surface area (Å²) < 4.78 is 19.3. The van der Waals surface area contributed by atoms with E-state index in [9.17, 15) is 9.18 Å². The zero-order valence-corrected chi connectivity index (χ0v) is 11.3. The SMILES string of the molecule is CC.Cc1cc2c(c(Br)n1)OCC2(F)C(=O)O. The van der Waals surface area contributed by atoms with Crippen molar-refractivity contribution in [2.24, 2.45) is 0 Å². The molecule has 0 saturated heterocycles. The number of fused-ring (bicyclic) bond motifs is 1. The van der Waals surface area contributed by atoms with E-state index in [1.165, 1.54) is 6.07 Å². The fraction of sp³-hybridized carbons (Fsp3) is 0.455. The first kappa shape index (κ1) is 13.9. The molecule has 94 valence electrons. The molecule has 0 bridgehead atoms. The number of aryl methyl sites for hydroxylation is 1. The van der Waals surface area contributed by atoms with Gasteiger partial charge < -0.3 is 9.84 Å². The Morgan fingerprint density at radius 1 is 1.65 bits per heavy atom. The third-order valence-electron chi connectivity index (χ3n) is 2.24. The number of aliphatic carboxylic acids is 1. The Bertz CT molecular complexity index is 453. The molecule has 0 aromatic carbocycles. The van der Waals surface area contributed by atoms with Crippen molar-refractivity contribution in [1.82, 2.24) is 4.98 Å². The van der Waals surface area contributed by atoms with Crippen molar-refractivity contribution in [3.05, 3.63) is 21.9 Å². The molecular weight excluding hydrogens is 293 g/mol. The summed E-state index contributed by atoms with van der Waals surface area (Å²) >= 11 is 3.10. The number of hydrogen-bond donors (Lipinski definition) is 1. The fourth-order valence-electron chi connectivity index (χ4n) is 1.48. The highest BCUT2D eigenvalue weighted by Gasteiger charge is 2.49. The second kappa shape index (κ2) is 5.00. The van der Waals surface area contributed by atoms with E-state index in [0.29, 0.717) is 10.3 Å². The van der Waals surface area contributed by atoms with Crippen LogP contribution in [0.1, 0.15) is 25.1 Å². The summed E-state index contributed by atoms with van der Waals surface area (Å²) in [6, 6.07) is 1.39. The van der Waals surface area contributed by atoms with Crippen LogP contribution in [-0.2, 0) is 10.5 Å². The first-order chi connectivity index (χ1) is 7.95. The Labute approximate surface area is 107 Å². The van der Waals surface area contributed by atoms with Gasteiger partial charge in [0.2, 0.25) is 0 Å². The smallest absolute Gasteiger partial charge is 0.350 e. The molecule has 0 saturated carbocycles. The average Bonchev–Trinajstić information content (AvgIpc) is 2.61. The fourth-order valence-corrected chi connectivity index (χ4v) is 2.09. The van der Waals surface area contributed by atoms with E-state index in [2.05, 4.69) is 20.9 Å². The van der Waals surface area contributed by atoms with Crippen molar-refractivity contribution in [1.29, 1.82) is 0 Å². The molecule has 6 heteroatoms. The number of halogens is 2. The number of nitrogens with zero attached hydrogens (tertiary/aromatic N) is 1. The lowest BCUT2D eigenvalue weighted by Crippen LogP contribution is -2.32. The number of pyridine rings is 1. The van der Waals surface area contributed by atoms with Gasteiger partial charge in [0.05, 0.1) is 5.56 Å². The van der Waals surface area contributed by atoms with Gasteiger partial charge in [-0.25, -0.2) is 14.2 Å². The quantitative estimate of drug-likeness (QED) is 0.811. The molecule has 1 aromatic rings. The Balaban J connectivity index is 0.000000686. The predicted molar refractivity (Wildman–Crippen MR) is 63.9 cm³/mol. The molecule has 0 radical (unpaired) electrons. The second-order valence-electron chi connectivity index (χ2n) is 3.33. The standard InChI is InChI=1S/C9H7BrFNO3.C2H6/c1-4-2-5-6(7(10)12-4)15-3-9(5,11)8(13)14;1-2/h2H,3H2,1H3,(H,13,14);1-2H3. The first-order valence-electron chi connectivity index (χ1n) is 5.18. The summed E-state index contributed by atoms with van der Waals surface area (Å²) in [5.41, 5.74) is -1.91. The Hall–Kier alpha value is -1.17. The minimum atomic E-state index is -2.47. The molecule has 1 aromatic heterocycles. The topological polar surface area (TPSA) is 59.4 Å². The van der Waals surface area contributed by atoms with Crippen LogP contribution in [0.4, 0.5) is 4.39 Å². The zero-order chi connectivity index (χ0) is 13.2. The van der Waals surface area contributed by atoms with Crippen molar-refractivity contribution in [3.8, 4) is 5.75 Å². The molecular formula is C11H13BrFNO3. The van der Waals surface area contributed by atoms with E-state index in [4.69, 9.17) is 9.84 Å². The molecule has 0 spiro atoms. The van der Waals surface area contributed by atoms with Crippen molar-refractivity contribution >= 4 is 21.9 Å². The van der Waals surface area contributed by atoms with Crippen LogP contribution in [-0.4, -0.2) is 22.7 Å². The molecule has 4 nitrogen and oxygen atoms in total. The van der Waals surface area contributed by atoms with Crippen LogP contribution in [0.15, 0.2) is 10.7 Å². The highest BCUT2D eigenvalue weighted by atomic mass is 79.9. The van der Waals surface area contributed by atoms with Gasteiger partial charge in [-0.2, -0.15) is 0 Å². The number of hydrogen-bond acceptors (Lipinski definition) is 3. The largest absolute Gasteiger partial charge is 0.486 e. The second-order valence-corrected chi connectivity index (χ2v) is 4.08.